The lowest BCUT2D eigenvalue weighted by Crippen LogP contribution is -2.60. The molecule has 2 aromatic rings. The van der Waals surface area contributed by atoms with Crippen molar-refractivity contribution >= 4 is 16.8 Å². The van der Waals surface area contributed by atoms with Gasteiger partial charge in [-0.3, -0.25) is 14.4 Å². The zero-order valence-corrected chi connectivity index (χ0v) is 16.4. The number of piperidine rings is 1. The van der Waals surface area contributed by atoms with Crippen molar-refractivity contribution in [1.29, 1.82) is 0 Å². The predicted octanol–water partition coefficient (Wildman–Crippen LogP) is 2.82. The van der Waals surface area contributed by atoms with Gasteiger partial charge < -0.3 is 10.1 Å². The molecule has 0 saturated carbocycles. The molecule has 1 aromatic carbocycles. The van der Waals surface area contributed by atoms with Crippen LogP contribution < -0.4 is 5.32 Å². The predicted molar refractivity (Wildman–Crippen MR) is 106 cm³/mol. The van der Waals surface area contributed by atoms with Crippen LogP contribution in [0.25, 0.3) is 10.9 Å². The van der Waals surface area contributed by atoms with Gasteiger partial charge in [-0.05, 0) is 38.8 Å². The lowest BCUT2D eigenvalue weighted by atomic mass is 9.89. The van der Waals surface area contributed by atoms with Crippen molar-refractivity contribution in [3.8, 4) is 0 Å². The molecular formula is C21H30N4O2. The molecule has 0 aliphatic carbocycles. The van der Waals surface area contributed by atoms with Crippen LogP contribution in [0.1, 0.15) is 50.0 Å². The zero-order chi connectivity index (χ0) is 18.8. The van der Waals surface area contributed by atoms with E-state index in [1.54, 1.807) is 0 Å². The van der Waals surface area contributed by atoms with E-state index in [0.29, 0.717) is 17.8 Å². The van der Waals surface area contributed by atoms with Crippen molar-refractivity contribution in [2.75, 3.05) is 19.8 Å². The summed E-state index contributed by atoms with van der Waals surface area (Å²) < 4.78 is 7.69. The summed E-state index contributed by atoms with van der Waals surface area (Å²) in [7, 11) is 0. The number of carbonyl (C=O) groups is 1. The van der Waals surface area contributed by atoms with E-state index < -0.39 is 0 Å². The Bertz CT molecular complexity index is 789. The van der Waals surface area contributed by atoms with Crippen LogP contribution >= 0.6 is 0 Å². The van der Waals surface area contributed by atoms with Crippen LogP contribution in [0.15, 0.2) is 24.3 Å². The summed E-state index contributed by atoms with van der Waals surface area (Å²) in [6.45, 7) is 7.74. The Labute approximate surface area is 160 Å². The summed E-state index contributed by atoms with van der Waals surface area (Å²) in [5.74, 6) is -0.0515. The van der Waals surface area contributed by atoms with E-state index in [-0.39, 0.29) is 11.9 Å². The maximum Gasteiger partial charge on any atom is 0.272 e. The highest BCUT2D eigenvalue weighted by atomic mass is 16.5. The summed E-state index contributed by atoms with van der Waals surface area (Å²) in [6.07, 6.45) is 4.35. The summed E-state index contributed by atoms with van der Waals surface area (Å²) in [4.78, 5) is 15.6. The number of hydrogen-bond donors (Lipinski definition) is 1. The van der Waals surface area contributed by atoms with Crippen molar-refractivity contribution in [2.24, 2.45) is 0 Å². The van der Waals surface area contributed by atoms with Gasteiger partial charge in [0.2, 0.25) is 0 Å². The molecule has 2 bridgehead atoms. The standard InChI is InChI=1S/C21H30N4O2/c1-3-5-10-24-16-11-15(12-17(24)14-27-13-16)22-21(26)20-18-8-6-7-9-19(18)25(4-2)23-20/h6-9,15-17H,3-5,10-14H2,1-2H3,(H,22,26). The molecule has 3 heterocycles. The number of rotatable bonds is 6. The van der Waals surface area contributed by atoms with E-state index in [1.165, 1.54) is 12.8 Å². The van der Waals surface area contributed by atoms with Crippen molar-refractivity contribution in [1.82, 2.24) is 20.0 Å². The highest BCUT2D eigenvalue weighted by Crippen LogP contribution is 2.28. The second-order valence-electron chi connectivity index (χ2n) is 7.76. The molecule has 4 rings (SSSR count). The van der Waals surface area contributed by atoms with Gasteiger partial charge >= 0.3 is 0 Å². The third kappa shape index (κ3) is 3.60. The van der Waals surface area contributed by atoms with E-state index in [9.17, 15) is 4.79 Å². The molecule has 6 heteroatoms. The van der Waals surface area contributed by atoms with Crippen LogP contribution in [-0.4, -0.2) is 58.5 Å². The first-order chi connectivity index (χ1) is 13.2. The highest BCUT2D eigenvalue weighted by molar-refractivity contribution is 6.04. The third-order valence-electron chi connectivity index (χ3n) is 5.95. The number of fused-ring (bicyclic) bond motifs is 3. The average molecular weight is 370 g/mol. The smallest absolute Gasteiger partial charge is 0.272 e. The fourth-order valence-corrected chi connectivity index (χ4v) is 4.60. The molecule has 2 aliphatic rings. The summed E-state index contributed by atoms with van der Waals surface area (Å²) in [5, 5.41) is 8.77. The summed E-state index contributed by atoms with van der Waals surface area (Å²) in [5.41, 5.74) is 1.56. The Morgan fingerprint density at radius 3 is 2.67 bits per heavy atom. The number of aromatic nitrogens is 2. The Balaban J connectivity index is 1.48. The van der Waals surface area contributed by atoms with Gasteiger partial charge in [0.1, 0.15) is 0 Å². The topological polar surface area (TPSA) is 59.4 Å². The summed E-state index contributed by atoms with van der Waals surface area (Å²) in [6, 6.07) is 8.99. The highest BCUT2D eigenvalue weighted by Gasteiger charge is 2.39. The van der Waals surface area contributed by atoms with Gasteiger partial charge in [-0.25, -0.2) is 0 Å². The Hall–Kier alpha value is -1.92. The third-order valence-corrected chi connectivity index (χ3v) is 5.95. The number of aryl methyl sites for hydroxylation is 1. The Morgan fingerprint density at radius 1 is 1.22 bits per heavy atom. The molecule has 2 fully saturated rings. The second-order valence-corrected chi connectivity index (χ2v) is 7.76. The molecule has 2 saturated heterocycles. The number of hydrogen-bond acceptors (Lipinski definition) is 4. The summed E-state index contributed by atoms with van der Waals surface area (Å²) >= 11 is 0. The van der Waals surface area contributed by atoms with Crippen molar-refractivity contribution < 1.29 is 9.53 Å². The lowest BCUT2D eigenvalue weighted by Gasteiger charge is -2.48. The zero-order valence-electron chi connectivity index (χ0n) is 16.4. The monoisotopic (exact) mass is 370 g/mol. The molecule has 2 atom stereocenters. The maximum absolute atomic E-state index is 13.0. The van der Waals surface area contributed by atoms with E-state index in [4.69, 9.17) is 4.74 Å². The largest absolute Gasteiger partial charge is 0.378 e. The van der Waals surface area contributed by atoms with Gasteiger partial charge in [0.05, 0.1) is 18.7 Å². The fraction of sp³-hybridized carbons (Fsp3) is 0.619. The van der Waals surface area contributed by atoms with Crippen LogP contribution in [0.2, 0.25) is 0 Å². The number of amides is 1. The number of unbranched alkanes of at least 4 members (excludes halogenated alkanes) is 1. The quantitative estimate of drug-likeness (QED) is 0.849. The minimum atomic E-state index is -0.0515. The number of morpholine rings is 1. The Kier molecular flexibility index (Phi) is 5.45. The first kappa shape index (κ1) is 18.4. The lowest BCUT2D eigenvalue weighted by molar-refractivity contribution is -0.0802. The van der Waals surface area contributed by atoms with Gasteiger partial charge in [0.25, 0.3) is 5.91 Å². The maximum atomic E-state index is 13.0. The minimum absolute atomic E-state index is 0.0515. The SMILES string of the molecule is CCCCN1C2COCC1CC(NC(=O)c1nn(CC)c3ccccc13)C2. The average Bonchev–Trinajstić information content (AvgIpc) is 3.05. The molecule has 0 spiro atoms. The molecule has 2 unspecified atom stereocenters. The first-order valence-corrected chi connectivity index (χ1v) is 10.3. The van der Waals surface area contributed by atoms with Crippen LogP contribution in [0.4, 0.5) is 0 Å². The Morgan fingerprint density at radius 2 is 1.96 bits per heavy atom. The van der Waals surface area contributed by atoms with E-state index in [2.05, 4.69) is 22.2 Å². The first-order valence-electron chi connectivity index (χ1n) is 10.3. The van der Waals surface area contributed by atoms with Crippen molar-refractivity contribution in [3.63, 3.8) is 0 Å². The van der Waals surface area contributed by atoms with E-state index >= 15 is 0 Å². The van der Waals surface area contributed by atoms with Gasteiger partial charge in [-0.1, -0.05) is 31.5 Å². The second kappa shape index (κ2) is 7.98. The molecule has 1 aromatic heterocycles. The minimum Gasteiger partial charge on any atom is -0.378 e. The van der Waals surface area contributed by atoms with E-state index in [0.717, 1.165) is 50.0 Å². The molecule has 1 N–H and O–H groups in total. The normalized spacial score (nSPS) is 25.6. The molecular weight excluding hydrogens is 340 g/mol. The van der Waals surface area contributed by atoms with Gasteiger partial charge in [-0.15, -0.1) is 0 Å². The van der Waals surface area contributed by atoms with Crippen LogP contribution in [0, 0.1) is 0 Å². The van der Waals surface area contributed by atoms with Crippen LogP contribution in [0.3, 0.4) is 0 Å². The van der Waals surface area contributed by atoms with E-state index in [1.807, 2.05) is 35.9 Å². The number of benzene rings is 1. The van der Waals surface area contributed by atoms with Crippen LogP contribution in [-0.2, 0) is 11.3 Å². The molecule has 6 nitrogen and oxygen atoms in total. The molecule has 2 aliphatic heterocycles. The molecule has 27 heavy (non-hydrogen) atoms. The van der Waals surface area contributed by atoms with Crippen molar-refractivity contribution in [3.05, 3.63) is 30.0 Å². The van der Waals surface area contributed by atoms with Crippen LogP contribution in [0.5, 0.6) is 0 Å². The number of ether oxygens (including phenoxy) is 1. The molecule has 146 valence electrons. The number of nitrogens with one attached hydrogen (secondary N) is 1. The van der Waals surface area contributed by atoms with Gasteiger partial charge in [0.15, 0.2) is 5.69 Å². The number of para-hydroxylation sites is 1. The molecule has 0 radical (unpaired) electrons. The number of nitrogens with zero attached hydrogens (tertiary/aromatic N) is 3. The van der Waals surface area contributed by atoms with Gasteiger partial charge in [-0.2, -0.15) is 5.10 Å². The molecule has 1 amide bonds. The number of carbonyl (C=O) groups excluding carboxylic acids is 1. The van der Waals surface area contributed by atoms with Gasteiger partial charge in [0, 0.05) is 30.1 Å². The fourth-order valence-electron chi connectivity index (χ4n) is 4.60. The van der Waals surface area contributed by atoms with Crippen molar-refractivity contribution in [2.45, 2.75) is 64.2 Å².